The van der Waals surface area contributed by atoms with Gasteiger partial charge in [0.1, 0.15) is 0 Å². The molecule has 1 saturated heterocycles. The van der Waals surface area contributed by atoms with Crippen LogP contribution in [0.4, 0.5) is 5.69 Å². The van der Waals surface area contributed by atoms with Crippen LogP contribution in [0.2, 0.25) is 0 Å². The minimum absolute atomic E-state index is 0.0560. The normalized spacial score (nSPS) is 25.5. The highest BCUT2D eigenvalue weighted by molar-refractivity contribution is 7.99. The van der Waals surface area contributed by atoms with Gasteiger partial charge in [-0.05, 0) is 43.6 Å². The predicted molar refractivity (Wildman–Crippen MR) is 110 cm³/mol. The van der Waals surface area contributed by atoms with Crippen LogP contribution < -0.4 is 4.90 Å². The van der Waals surface area contributed by atoms with E-state index in [1.54, 1.807) is 12.6 Å². The molecule has 1 aromatic carbocycles. The lowest BCUT2D eigenvalue weighted by Gasteiger charge is -2.41. The van der Waals surface area contributed by atoms with Gasteiger partial charge in [-0.3, -0.25) is 14.5 Å². The summed E-state index contributed by atoms with van der Waals surface area (Å²) in [4.78, 5) is 23.8. The second kappa shape index (κ2) is 8.02. The van der Waals surface area contributed by atoms with Gasteiger partial charge in [0, 0.05) is 56.0 Å². The van der Waals surface area contributed by atoms with E-state index in [9.17, 15) is 4.79 Å². The molecule has 0 N–H and O–H groups in total. The van der Waals surface area contributed by atoms with Gasteiger partial charge < -0.3 is 4.90 Å². The van der Waals surface area contributed by atoms with E-state index < -0.39 is 0 Å². The highest BCUT2D eigenvalue weighted by Crippen LogP contribution is 2.50. The Balaban J connectivity index is 1.45. The average molecular weight is 390 g/mol. The molecule has 148 valence electrons. The molecule has 1 unspecified atom stereocenters. The van der Waals surface area contributed by atoms with Crippen molar-refractivity contribution in [3.8, 4) is 0 Å². The van der Waals surface area contributed by atoms with Crippen LogP contribution in [-0.4, -0.2) is 67.5 Å². The van der Waals surface area contributed by atoms with Gasteiger partial charge in [-0.2, -0.15) is 0 Å². The van der Waals surface area contributed by atoms with Crippen molar-refractivity contribution >= 4 is 23.4 Å². The van der Waals surface area contributed by atoms with Crippen molar-refractivity contribution in [2.24, 2.45) is 0 Å². The number of thioether (sulfide) groups is 1. The van der Waals surface area contributed by atoms with Crippen LogP contribution in [0.15, 0.2) is 23.1 Å². The summed E-state index contributed by atoms with van der Waals surface area (Å²) in [7, 11) is 3.22. The zero-order chi connectivity index (χ0) is 19.0. The number of anilines is 1. The molecule has 3 aliphatic heterocycles. The Kier molecular flexibility index (Phi) is 5.67. The van der Waals surface area contributed by atoms with Crippen molar-refractivity contribution in [2.75, 3.05) is 44.4 Å². The van der Waals surface area contributed by atoms with E-state index >= 15 is 0 Å². The van der Waals surface area contributed by atoms with Crippen LogP contribution in [0.1, 0.15) is 44.1 Å². The third-order valence-corrected chi connectivity index (χ3v) is 7.68. The first kappa shape index (κ1) is 19.1. The smallest absolute Gasteiger partial charge is 0.245 e. The molecule has 0 radical (unpaired) electrons. The van der Waals surface area contributed by atoms with Crippen LogP contribution in [0.5, 0.6) is 0 Å². The summed E-state index contributed by atoms with van der Waals surface area (Å²) in [5.41, 5.74) is 3.08. The Morgan fingerprint density at radius 2 is 2.26 bits per heavy atom. The van der Waals surface area contributed by atoms with Crippen LogP contribution in [-0.2, 0) is 9.63 Å². The molecule has 1 amide bonds. The molecule has 5 nitrogen and oxygen atoms in total. The molecular weight excluding hydrogens is 358 g/mol. The minimum atomic E-state index is 0.0560. The molecule has 3 heterocycles. The summed E-state index contributed by atoms with van der Waals surface area (Å²) in [6.45, 7) is 5.70. The number of benzene rings is 1. The second-order valence-electron chi connectivity index (χ2n) is 8.01. The Labute approximate surface area is 167 Å². The average Bonchev–Trinajstić information content (AvgIpc) is 2.86. The maximum Gasteiger partial charge on any atom is 0.245 e. The molecule has 0 saturated carbocycles. The quantitative estimate of drug-likeness (QED) is 0.722. The Hall–Kier alpha value is -1.24. The van der Waals surface area contributed by atoms with Crippen LogP contribution in [0.25, 0.3) is 0 Å². The third-order valence-electron chi connectivity index (χ3n) is 6.55. The van der Waals surface area contributed by atoms with E-state index in [1.807, 2.05) is 11.8 Å². The monoisotopic (exact) mass is 389 g/mol. The first-order chi connectivity index (χ1) is 13.1. The van der Waals surface area contributed by atoms with Crippen molar-refractivity contribution in [2.45, 2.75) is 55.5 Å². The first-order valence-corrected chi connectivity index (χ1v) is 11.2. The van der Waals surface area contributed by atoms with Gasteiger partial charge in [0.05, 0.1) is 12.8 Å². The second-order valence-corrected chi connectivity index (χ2v) is 9.15. The van der Waals surface area contributed by atoms with E-state index in [2.05, 4.69) is 34.9 Å². The Morgan fingerprint density at radius 3 is 3.07 bits per heavy atom. The van der Waals surface area contributed by atoms with Gasteiger partial charge in [0.15, 0.2) is 0 Å². The van der Waals surface area contributed by atoms with E-state index in [0.717, 1.165) is 19.5 Å². The molecule has 6 heteroatoms. The lowest BCUT2D eigenvalue weighted by molar-refractivity contribution is -0.169. The highest BCUT2D eigenvalue weighted by Gasteiger charge is 2.43. The van der Waals surface area contributed by atoms with Crippen LogP contribution >= 0.6 is 11.8 Å². The molecule has 1 fully saturated rings. The summed E-state index contributed by atoms with van der Waals surface area (Å²) < 4.78 is 0. The molecule has 0 aliphatic carbocycles. The molecule has 3 atom stereocenters. The molecule has 3 aliphatic rings. The number of para-hydroxylation sites is 1. The molecule has 1 aromatic rings. The number of fused-ring (bicyclic) bond motifs is 3. The maximum absolute atomic E-state index is 12.0. The van der Waals surface area contributed by atoms with Crippen molar-refractivity contribution in [3.63, 3.8) is 0 Å². The first-order valence-electron chi connectivity index (χ1n) is 10.2. The summed E-state index contributed by atoms with van der Waals surface area (Å²) in [6.07, 6.45) is 3.92. The summed E-state index contributed by atoms with van der Waals surface area (Å²) in [5.74, 6) is 1.89. The molecule has 0 spiro atoms. The number of amides is 1. The number of carbonyl (C=O) groups is 1. The highest BCUT2D eigenvalue weighted by atomic mass is 32.2. The van der Waals surface area contributed by atoms with Gasteiger partial charge in [-0.25, -0.2) is 5.06 Å². The van der Waals surface area contributed by atoms with Gasteiger partial charge in [-0.1, -0.05) is 12.1 Å². The number of hydrogen-bond acceptors (Lipinski definition) is 5. The summed E-state index contributed by atoms with van der Waals surface area (Å²) in [6, 6.07) is 7.98. The molecule has 4 rings (SSSR count). The zero-order valence-corrected chi connectivity index (χ0v) is 17.5. The lowest BCUT2D eigenvalue weighted by Crippen LogP contribution is -2.49. The van der Waals surface area contributed by atoms with E-state index in [1.165, 1.54) is 47.9 Å². The van der Waals surface area contributed by atoms with E-state index in [-0.39, 0.29) is 5.91 Å². The summed E-state index contributed by atoms with van der Waals surface area (Å²) in [5, 5.41) is 1.34. The fraction of sp³-hybridized carbons (Fsp3) is 0.667. The van der Waals surface area contributed by atoms with Gasteiger partial charge in [0.2, 0.25) is 5.91 Å². The fourth-order valence-electron chi connectivity index (χ4n) is 4.94. The van der Waals surface area contributed by atoms with Gasteiger partial charge >= 0.3 is 0 Å². The number of carbonyl (C=O) groups excluding carboxylic acids is 1. The largest absolute Gasteiger partial charge is 0.367 e. The zero-order valence-electron chi connectivity index (χ0n) is 16.7. The number of rotatable bonds is 5. The number of piperidine rings is 1. The maximum atomic E-state index is 12.0. The van der Waals surface area contributed by atoms with Gasteiger partial charge in [0.25, 0.3) is 0 Å². The lowest BCUT2D eigenvalue weighted by atomic mass is 9.88. The van der Waals surface area contributed by atoms with Gasteiger partial charge in [-0.15, -0.1) is 11.8 Å². The standard InChI is InChI=1S/C21H31N3O2S/c1-15(8-9-20(25)22(2)26-3)23-12-10-18-17(14-23)16-6-4-7-19-21(16)24(18)11-5-13-27-19/h4,6-7,15,17-18H,5,8-14H2,1-3H3/t15?,17-,18-/m0/s1. The minimum Gasteiger partial charge on any atom is -0.367 e. The van der Waals surface area contributed by atoms with Crippen molar-refractivity contribution in [1.29, 1.82) is 0 Å². The van der Waals surface area contributed by atoms with Crippen LogP contribution in [0, 0.1) is 0 Å². The molecule has 0 bridgehead atoms. The predicted octanol–water partition coefficient (Wildman–Crippen LogP) is 3.35. The number of likely N-dealkylation sites (tertiary alicyclic amines) is 1. The van der Waals surface area contributed by atoms with E-state index in [4.69, 9.17) is 4.84 Å². The molecular formula is C21H31N3O2S. The SMILES string of the molecule is CON(C)C(=O)CCC(C)N1CC[C@H]2[C@@H](C1)c1cccc3c1N2CCCS3. The number of hydroxylamine groups is 2. The Morgan fingerprint density at radius 1 is 1.41 bits per heavy atom. The molecule has 0 aromatic heterocycles. The molecule has 27 heavy (non-hydrogen) atoms. The topological polar surface area (TPSA) is 36.0 Å². The van der Waals surface area contributed by atoms with Crippen molar-refractivity contribution < 1.29 is 9.63 Å². The van der Waals surface area contributed by atoms with Crippen molar-refractivity contribution in [3.05, 3.63) is 23.8 Å². The van der Waals surface area contributed by atoms with E-state index in [0.29, 0.717) is 24.4 Å². The third kappa shape index (κ3) is 3.59. The van der Waals surface area contributed by atoms with Crippen LogP contribution in [0.3, 0.4) is 0 Å². The van der Waals surface area contributed by atoms with Crippen molar-refractivity contribution in [1.82, 2.24) is 9.96 Å². The Bertz CT molecular complexity index is 698. The number of nitrogens with zero attached hydrogens (tertiary/aromatic N) is 3. The fourth-order valence-corrected chi connectivity index (χ4v) is 5.98. The number of hydrogen-bond donors (Lipinski definition) is 0. The summed E-state index contributed by atoms with van der Waals surface area (Å²) >= 11 is 2.03.